The maximum absolute atomic E-state index is 5.35. The molecular weight excluding hydrogens is 218 g/mol. The molecule has 0 unspecified atom stereocenters. The average Bonchev–Trinajstić information content (AvgIpc) is 2.74. The largest absolute Gasteiger partial charge is 0.323 e. The van der Waals surface area contributed by atoms with Crippen LogP contribution in [-0.2, 0) is 13.5 Å². The molecule has 2 rings (SSSR count). The number of nitrogen functional groups attached to an aromatic ring is 1. The van der Waals surface area contributed by atoms with Crippen molar-refractivity contribution < 1.29 is 0 Å². The standard InChI is InChI=1S/C10H15N7/c1-3-7-12-9(6-10(13-7)15-11)14-8-4-5-17(2)16-8/h4-6H,3,11H2,1-2H3,(H2,12,13,14,15,16). The minimum absolute atomic E-state index is 0.579. The predicted molar refractivity (Wildman–Crippen MR) is 65.7 cm³/mol. The molecule has 2 aromatic heterocycles. The Morgan fingerprint density at radius 3 is 2.65 bits per heavy atom. The quantitative estimate of drug-likeness (QED) is 0.534. The molecule has 7 heteroatoms. The van der Waals surface area contributed by atoms with Crippen LogP contribution in [0.4, 0.5) is 17.5 Å². The first-order valence-corrected chi connectivity index (χ1v) is 5.32. The molecule has 2 aromatic rings. The molecule has 2 heterocycles. The summed E-state index contributed by atoms with van der Waals surface area (Å²) in [5.41, 5.74) is 2.52. The minimum Gasteiger partial charge on any atom is -0.323 e. The van der Waals surface area contributed by atoms with Crippen molar-refractivity contribution in [3.05, 3.63) is 24.2 Å². The maximum atomic E-state index is 5.35. The topological polar surface area (TPSA) is 93.7 Å². The summed E-state index contributed by atoms with van der Waals surface area (Å²) in [7, 11) is 1.86. The lowest BCUT2D eigenvalue weighted by atomic mass is 10.4. The average molecular weight is 233 g/mol. The van der Waals surface area contributed by atoms with Gasteiger partial charge < -0.3 is 10.7 Å². The number of nitrogens with two attached hydrogens (primary N) is 1. The third kappa shape index (κ3) is 2.70. The normalized spacial score (nSPS) is 10.3. The molecule has 0 bridgehead atoms. The van der Waals surface area contributed by atoms with Crippen LogP contribution >= 0.6 is 0 Å². The van der Waals surface area contributed by atoms with Gasteiger partial charge in [-0.3, -0.25) is 4.68 Å². The molecule has 0 saturated heterocycles. The Hall–Kier alpha value is -2.15. The smallest absolute Gasteiger partial charge is 0.153 e. The highest BCUT2D eigenvalue weighted by molar-refractivity contribution is 5.55. The summed E-state index contributed by atoms with van der Waals surface area (Å²) in [5.74, 6) is 8.05. The Labute approximate surface area is 99.0 Å². The number of aromatic nitrogens is 4. The first kappa shape index (κ1) is 11.3. The molecule has 4 N–H and O–H groups in total. The van der Waals surface area contributed by atoms with Crippen molar-refractivity contribution in [2.45, 2.75) is 13.3 Å². The summed E-state index contributed by atoms with van der Waals surface area (Å²) in [5, 5.41) is 7.31. The lowest BCUT2D eigenvalue weighted by Gasteiger charge is -2.06. The van der Waals surface area contributed by atoms with Gasteiger partial charge in [0, 0.05) is 31.8 Å². The van der Waals surface area contributed by atoms with Crippen molar-refractivity contribution in [3.8, 4) is 0 Å². The van der Waals surface area contributed by atoms with E-state index in [0.717, 1.165) is 18.1 Å². The zero-order valence-electron chi connectivity index (χ0n) is 9.81. The number of hydrazine groups is 1. The van der Waals surface area contributed by atoms with E-state index in [1.54, 1.807) is 10.7 Å². The Bertz CT molecular complexity index is 483. The van der Waals surface area contributed by atoms with E-state index in [0.29, 0.717) is 11.6 Å². The van der Waals surface area contributed by atoms with Gasteiger partial charge in [-0.05, 0) is 0 Å². The second-order valence-electron chi connectivity index (χ2n) is 3.55. The van der Waals surface area contributed by atoms with E-state index < -0.39 is 0 Å². The molecule has 7 nitrogen and oxygen atoms in total. The van der Waals surface area contributed by atoms with Crippen LogP contribution in [0.25, 0.3) is 0 Å². The van der Waals surface area contributed by atoms with Gasteiger partial charge in [-0.25, -0.2) is 15.8 Å². The van der Waals surface area contributed by atoms with Gasteiger partial charge >= 0.3 is 0 Å². The van der Waals surface area contributed by atoms with E-state index in [-0.39, 0.29) is 0 Å². The number of aryl methyl sites for hydroxylation is 2. The second-order valence-corrected chi connectivity index (χ2v) is 3.55. The van der Waals surface area contributed by atoms with Crippen molar-refractivity contribution in [3.63, 3.8) is 0 Å². The van der Waals surface area contributed by atoms with Gasteiger partial charge in [0.2, 0.25) is 0 Å². The predicted octanol–water partition coefficient (Wildman–Crippen LogP) is 0.802. The van der Waals surface area contributed by atoms with Crippen LogP contribution in [0.15, 0.2) is 18.3 Å². The molecule has 0 aliphatic carbocycles. The Morgan fingerprint density at radius 2 is 2.06 bits per heavy atom. The van der Waals surface area contributed by atoms with E-state index in [4.69, 9.17) is 5.84 Å². The highest BCUT2D eigenvalue weighted by atomic mass is 15.3. The van der Waals surface area contributed by atoms with E-state index in [9.17, 15) is 0 Å². The fourth-order valence-corrected chi connectivity index (χ4v) is 1.41. The first-order valence-electron chi connectivity index (χ1n) is 5.32. The number of hydrogen-bond donors (Lipinski definition) is 3. The zero-order chi connectivity index (χ0) is 12.3. The van der Waals surface area contributed by atoms with Gasteiger partial charge in [0.1, 0.15) is 17.5 Å². The lowest BCUT2D eigenvalue weighted by Crippen LogP contribution is -2.11. The number of nitrogens with one attached hydrogen (secondary N) is 2. The van der Waals surface area contributed by atoms with Crippen LogP contribution in [0, 0.1) is 0 Å². The third-order valence-electron chi connectivity index (χ3n) is 2.21. The van der Waals surface area contributed by atoms with Crippen molar-refractivity contribution in [2.75, 3.05) is 10.7 Å². The van der Waals surface area contributed by atoms with E-state index in [1.165, 1.54) is 0 Å². The molecule has 0 saturated carbocycles. The second kappa shape index (κ2) is 4.79. The summed E-state index contributed by atoms with van der Waals surface area (Å²) in [4.78, 5) is 8.54. The van der Waals surface area contributed by atoms with Gasteiger partial charge in [-0.1, -0.05) is 6.92 Å². The highest BCUT2D eigenvalue weighted by Gasteiger charge is 2.04. The van der Waals surface area contributed by atoms with E-state index >= 15 is 0 Å². The molecule has 0 amide bonds. The molecule has 90 valence electrons. The van der Waals surface area contributed by atoms with Crippen LogP contribution in [0.5, 0.6) is 0 Å². The molecule has 0 spiro atoms. The summed E-state index contributed by atoms with van der Waals surface area (Å²) in [6, 6.07) is 3.59. The highest BCUT2D eigenvalue weighted by Crippen LogP contribution is 2.15. The summed E-state index contributed by atoms with van der Waals surface area (Å²) < 4.78 is 1.71. The van der Waals surface area contributed by atoms with Crippen molar-refractivity contribution in [2.24, 2.45) is 12.9 Å². The summed E-state index contributed by atoms with van der Waals surface area (Å²) in [6.07, 6.45) is 2.60. The molecular formula is C10H15N7. The van der Waals surface area contributed by atoms with E-state index in [2.05, 4.69) is 25.8 Å². The Morgan fingerprint density at radius 1 is 1.29 bits per heavy atom. The van der Waals surface area contributed by atoms with E-state index in [1.807, 2.05) is 26.2 Å². The maximum Gasteiger partial charge on any atom is 0.153 e. The molecule has 0 fully saturated rings. The first-order chi connectivity index (χ1) is 8.21. The molecule has 0 atom stereocenters. The molecule has 17 heavy (non-hydrogen) atoms. The molecule has 0 aromatic carbocycles. The summed E-state index contributed by atoms with van der Waals surface area (Å²) in [6.45, 7) is 1.99. The third-order valence-corrected chi connectivity index (χ3v) is 2.21. The van der Waals surface area contributed by atoms with Crippen LogP contribution in [-0.4, -0.2) is 19.7 Å². The fourth-order valence-electron chi connectivity index (χ4n) is 1.41. The van der Waals surface area contributed by atoms with Crippen LogP contribution in [0.1, 0.15) is 12.7 Å². The van der Waals surface area contributed by atoms with Crippen LogP contribution in [0.3, 0.4) is 0 Å². The van der Waals surface area contributed by atoms with Gasteiger partial charge in [-0.2, -0.15) is 5.10 Å². The van der Waals surface area contributed by atoms with Crippen molar-refractivity contribution in [1.82, 2.24) is 19.7 Å². The molecule has 0 aliphatic heterocycles. The number of hydrogen-bond acceptors (Lipinski definition) is 6. The van der Waals surface area contributed by atoms with Crippen molar-refractivity contribution in [1.29, 1.82) is 0 Å². The van der Waals surface area contributed by atoms with Crippen molar-refractivity contribution >= 4 is 17.5 Å². The lowest BCUT2D eigenvalue weighted by molar-refractivity contribution is 0.771. The monoisotopic (exact) mass is 233 g/mol. The van der Waals surface area contributed by atoms with Gasteiger partial charge in [0.15, 0.2) is 5.82 Å². The Balaban J connectivity index is 2.25. The van der Waals surface area contributed by atoms with Crippen LogP contribution < -0.4 is 16.6 Å². The minimum atomic E-state index is 0.579. The fraction of sp³-hybridized carbons (Fsp3) is 0.300. The summed E-state index contributed by atoms with van der Waals surface area (Å²) >= 11 is 0. The van der Waals surface area contributed by atoms with Gasteiger partial charge in [0.05, 0.1) is 0 Å². The number of anilines is 3. The number of rotatable bonds is 4. The van der Waals surface area contributed by atoms with Gasteiger partial charge in [0.25, 0.3) is 0 Å². The zero-order valence-corrected chi connectivity index (χ0v) is 9.81. The van der Waals surface area contributed by atoms with Crippen LogP contribution in [0.2, 0.25) is 0 Å². The SMILES string of the molecule is CCc1nc(NN)cc(Nc2ccn(C)n2)n1. The molecule has 0 radical (unpaired) electrons. The molecule has 0 aliphatic rings. The Kier molecular flexibility index (Phi) is 3.20. The van der Waals surface area contributed by atoms with Gasteiger partial charge in [-0.15, -0.1) is 0 Å². The number of nitrogens with zero attached hydrogens (tertiary/aromatic N) is 4.